The Kier molecular flexibility index (Phi) is 2.79. The number of hydrogen-bond acceptors (Lipinski definition) is 2. The van der Waals surface area contributed by atoms with Crippen LogP contribution in [0.3, 0.4) is 0 Å². The SMILES string of the molecule is Cc1ccc(F)c(C(N)c2occc2C)c1. The van der Waals surface area contributed by atoms with Crippen molar-refractivity contribution in [1.29, 1.82) is 0 Å². The molecule has 0 aliphatic rings. The van der Waals surface area contributed by atoms with Crippen molar-refractivity contribution in [2.75, 3.05) is 0 Å². The summed E-state index contributed by atoms with van der Waals surface area (Å²) in [5.74, 6) is 0.318. The summed E-state index contributed by atoms with van der Waals surface area (Å²) in [5, 5.41) is 0. The molecule has 0 bridgehead atoms. The molecule has 1 atom stereocenters. The molecule has 1 aromatic carbocycles. The molecular weight excluding hydrogens is 205 g/mol. The molecule has 0 saturated carbocycles. The highest BCUT2D eigenvalue weighted by molar-refractivity contribution is 5.33. The maximum atomic E-state index is 13.6. The summed E-state index contributed by atoms with van der Waals surface area (Å²) in [6.45, 7) is 3.80. The number of nitrogens with two attached hydrogens (primary N) is 1. The highest BCUT2D eigenvalue weighted by Gasteiger charge is 2.18. The van der Waals surface area contributed by atoms with Crippen LogP contribution in [0.4, 0.5) is 4.39 Å². The molecule has 0 amide bonds. The summed E-state index contributed by atoms with van der Waals surface area (Å²) in [4.78, 5) is 0. The zero-order valence-corrected chi connectivity index (χ0v) is 9.33. The van der Waals surface area contributed by atoms with Crippen molar-refractivity contribution in [3.63, 3.8) is 0 Å². The van der Waals surface area contributed by atoms with Gasteiger partial charge in [-0.15, -0.1) is 0 Å². The Morgan fingerprint density at radius 2 is 2.00 bits per heavy atom. The van der Waals surface area contributed by atoms with E-state index < -0.39 is 6.04 Å². The van der Waals surface area contributed by atoms with Crippen molar-refractivity contribution < 1.29 is 8.81 Å². The molecular formula is C13H14FNO. The minimum atomic E-state index is -0.546. The smallest absolute Gasteiger partial charge is 0.128 e. The third-order valence-electron chi connectivity index (χ3n) is 2.67. The van der Waals surface area contributed by atoms with Gasteiger partial charge in [0.15, 0.2) is 0 Å². The Balaban J connectivity index is 2.45. The van der Waals surface area contributed by atoms with Gasteiger partial charge in [0.05, 0.1) is 12.3 Å². The van der Waals surface area contributed by atoms with E-state index in [0.29, 0.717) is 11.3 Å². The quantitative estimate of drug-likeness (QED) is 0.843. The van der Waals surface area contributed by atoms with Gasteiger partial charge in [-0.3, -0.25) is 0 Å². The Labute approximate surface area is 93.9 Å². The van der Waals surface area contributed by atoms with Gasteiger partial charge in [-0.05, 0) is 31.5 Å². The number of hydrogen-bond donors (Lipinski definition) is 1. The second-order valence-electron chi connectivity index (χ2n) is 3.97. The Bertz CT molecular complexity index is 504. The van der Waals surface area contributed by atoms with E-state index in [1.807, 2.05) is 19.9 Å². The van der Waals surface area contributed by atoms with Crippen LogP contribution in [-0.2, 0) is 0 Å². The third kappa shape index (κ3) is 1.86. The lowest BCUT2D eigenvalue weighted by atomic mass is 10.0. The van der Waals surface area contributed by atoms with Gasteiger partial charge >= 0.3 is 0 Å². The molecule has 1 unspecified atom stereocenters. The lowest BCUT2D eigenvalue weighted by Crippen LogP contribution is -2.14. The first-order valence-electron chi connectivity index (χ1n) is 5.15. The van der Waals surface area contributed by atoms with E-state index in [1.165, 1.54) is 6.07 Å². The Morgan fingerprint density at radius 3 is 2.62 bits per heavy atom. The van der Waals surface area contributed by atoms with Crippen LogP contribution in [0.25, 0.3) is 0 Å². The summed E-state index contributed by atoms with van der Waals surface area (Å²) >= 11 is 0. The van der Waals surface area contributed by atoms with Crippen molar-refractivity contribution >= 4 is 0 Å². The first kappa shape index (κ1) is 10.9. The molecule has 1 heterocycles. The topological polar surface area (TPSA) is 39.2 Å². The second kappa shape index (κ2) is 4.10. The predicted molar refractivity (Wildman–Crippen MR) is 60.6 cm³/mol. The van der Waals surface area contributed by atoms with Gasteiger partial charge in [0, 0.05) is 5.56 Å². The van der Waals surface area contributed by atoms with Gasteiger partial charge in [0.1, 0.15) is 11.6 Å². The normalized spacial score (nSPS) is 12.8. The van der Waals surface area contributed by atoms with Gasteiger partial charge in [0.2, 0.25) is 0 Å². The van der Waals surface area contributed by atoms with Crippen molar-refractivity contribution in [2.24, 2.45) is 5.73 Å². The zero-order chi connectivity index (χ0) is 11.7. The Morgan fingerprint density at radius 1 is 1.25 bits per heavy atom. The lowest BCUT2D eigenvalue weighted by Gasteiger charge is -2.12. The fourth-order valence-corrected chi connectivity index (χ4v) is 1.75. The van der Waals surface area contributed by atoms with Crippen molar-refractivity contribution in [3.8, 4) is 0 Å². The minimum absolute atomic E-state index is 0.297. The van der Waals surface area contributed by atoms with Gasteiger partial charge in [-0.1, -0.05) is 17.7 Å². The van der Waals surface area contributed by atoms with Crippen molar-refractivity contribution in [2.45, 2.75) is 19.9 Å². The first-order chi connectivity index (χ1) is 7.59. The standard InChI is InChI=1S/C13H14FNO/c1-8-3-4-11(14)10(7-8)12(15)13-9(2)5-6-16-13/h3-7,12H,15H2,1-2H3. The van der Waals surface area contributed by atoms with E-state index in [-0.39, 0.29) is 5.82 Å². The fraction of sp³-hybridized carbons (Fsp3) is 0.231. The van der Waals surface area contributed by atoms with Crippen LogP contribution >= 0.6 is 0 Å². The number of rotatable bonds is 2. The molecule has 2 rings (SSSR count). The van der Waals surface area contributed by atoms with E-state index in [9.17, 15) is 4.39 Å². The second-order valence-corrected chi connectivity index (χ2v) is 3.97. The predicted octanol–water partition coefficient (Wildman–Crippen LogP) is 3.08. The molecule has 84 valence electrons. The highest BCUT2D eigenvalue weighted by Crippen LogP contribution is 2.25. The summed E-state index contributed by atoms with van der Waals surface area (Å²) < 4.78 is 18.9. The van der Waals surface area contributed by atoms with Crippen LogP contribution in [0.1, 0.15) is 28.5 Å². The van der Waals surface area contributed by atoms with Gasteiger partial charge in [-0.2, -0.15) is 0 Å². The maximum absolute atomic E-state index is 13.6. The van der Waals surface area contributed by atoms with Gasteiger partial charge in [0.25, 0.3) is 0 Å². The fourth-order valence-electron chi connectivity index (χ4n) is 1.75. The molecule has 0 aliphatic heterocycles. The third-order valence-corrected chi connectivity index (χ3v) is 2.67. The van der Waals surface area contributed by atoms with E-state index in [0.717, 1.165) is 11.1 Å². The number of halogens is 1. The molecule has 0 radical (unpaired) electrons. The summed E-state index contributed by atoms with van der Waals surface area (Å²) in [6, 6.07) is 6.18. The summed E-state index contributed by atoms with van der Waals surface area (Å²) in [6.07, 6.45) is 1.57. The van der Waals surface area contributed by atoms with Crippen LogP contribution in [0, 0.1) is 19.7 Å². The molecule has 0 aliphatic carbocycles. The maximum Gasteiger partial charge on any atom is 0.128 e. The van der Waals surface area contributed by atoms with Gasteiger partial charge < -0.3 is 10.2 Å². The molecule has 1 aromatic heterocycles. The molecule has 2 N–H and O–H groups in total. The molecule has 16 heavy (non-hydrogen) atoms. The van der Waals surface area contributed by atoms with E-state index in [2.05, 4.69) is 0 Å². The van der Waals surface area contributed by atoms with E-state index in [4.69, 9.17) is 10.2 Å². The van der Waals surface area contributed by atoms with Crippen LogP contribution in [0.15, 0.2) is 34.9 Å². The summed E-state index contributed by atoms with van der Waals surface area (Å²) in [7, 11) is 0. The van der Waals surface area contributed by atoms with E-state index >= 15 is 0 Å². The highest BCUT2D eigenvalue weighted by atomic mass is 19.1. The largest absolute Gasteiger partial charge is 0.467 e. The van der Waals surface area contributed by atoms with Crippen molar-refractivity contribution in [3.05, 3.63) is 58.8 Å². The van der Waals surface area contributed by atoms with Crippen molar-refractivity contribution in [1.82, 2.24) is 0 Å². The first-order valence-corrected chi connectivity index (χ1v) is 5.15. The molecule has 3 heteroatoms. The Hall–Kier alpha value is -1.61. The van der Waals surface area contributed by atoms with Crippen LogP contribution in [-0.4, -0.2) is 0 Å². The molecule has 2 aromatic rings. The molecule has 0 fully saturated rings. The number of aryl methyl sites for hydroxylation is 2. The van der Waals surface area contributed by atoms with Gasteiger partial charge in [-0.25, -0.2) is 4.39 Å². The van der Waals surface area contributed by atoms with Crippen LogP contribution in [0.5, 0.6) is 0 Å². The van der Waals surface area contributed by atoms with E-state index in [1.54, 1.807) is 18.4 Å². The molecule has 0 saturated heterocycles. The zero-order valence-electron chi connectivity index (χ0n) is 9.33. The number of furan rings is 1. The lowest BCUT2D eigenvalue weighted by molar-refractivity contribution is 0.477. The average Bonchev–Trinajstić information content (AvgIpc) is 2.67. The number of benzene rings is 1. The minimum Gasteiger partial charge on any atom is -0.467 e. The average molecular weight is 219 g/mol. The summed E-state index contributed by atoms with van der Waals surface area (Å²) in [5.41, 5.74) is 8.39. The van der Waals surface area contributed by atoms with Crippen LogP contribution in [0.2, 0.25) is 0 Å². The van der Waals surface area contributed by atoms with Crippen LogP contribution < -0.4 is 5.73 Å². The molecule has 2 nitrogen and oxygen atoms in total. The molecule has 0 spiro atoms. The monoisotopic (exact) mass is 219 g/mol.